The van der Waals surface area contributed by atoms with Crippen molar-refractivity contribution in [2.75, 3.05) is 6.61 Å². The van der Waals surface area contributed by atoms with Crippen molar-refractivity contribution in [1.29, 1.82) is 0 Å². The van der Waals surface area contributed by atoms with E-state index in [1.54, 1.807) is 0 Å². The monoisotopic (exact) mass is 237 g/mol. The van der Waals surface area contributed by atoms with Gasteiger partial charge in [-0.05, 0) is 43.0 Å². The molecule has 1 aliphatic rings. The summed E-state index contributed by atoms with van der Waals surface area (Å²) in [5.41, 5.74) is 2.41. The minimum atomic E-state index is 0.406. The molecule has 1 aliphatic heterocycles. The van der Waals surface area contributed by atoms with Crippen LogP contribution in [0.1, 0.15) is 31.4 Å². The number of fused-ring (bicyclic) bond motifs is 1. The van der Waals surface area contributed by atoms with Crippen molar-refractivity contribution >= 4 is 17.8 Å². The molecule has 0 aromatic heterocycles. The van der Waals surface area contributed by atoms with Crippen molar-refractivity contribution in [3.05, 3.63) is 28.3 Å². The SMILES string of the molecule is CCOc1cc2c(cc1Cl)C=N[C@@H](CC)C2. The van der Waals surface area contributed by atoms with Crippen LogP contribution >= 0.6 is 11.6 Å². The van der Waals surface area contributed by atoms with Crippen molar-refractivity contribution < 1.29 is 4.74 Å². The van der Waals surface area contributed by atoms with Gasteiger partial charge >= 0.3 is 0 Å². The van der Waals surface area contributed by atoms with Crippen molar-refractivity contribution in [2.24, 2.45) is 4.99 Å². The number of halogens is 1. The smallest absolute Gasteiger partial charge is 0.138 e. The van der Waals surface area contributed by atoms with Crippen molar-refractivity contribution in [3.63, 3.8) is 0 Å². The minimum Gasteiger partial charge on any atom is -0.492 e. The first-order chi connectivity index (χ1) is 7.74. The molecular weight excluding hydrogens is 222 g/mol. The van der Waals surface area contributed by atoms with Crippen molar-refractivity contribution in [1.82, 2.24) is 0 Å². The lowest BCUT2D eigenvalue weighted by Gasteiger charge is -2.19. The first-order valence-electron chi connectivity index (χ1n) is 5.73. The fourth-order valence-corrected chi connectivity index (χ4v) is 2.14. The largest absolute Gasteiger partial charge is 0.492 e. The first kappa shape index (κ1) is 11.5. The lowest BCUT2D eigenvalue weighted by molar-refractivity contribution is 0.340. The molecule has 0 N–H and O–H groups in total. The van der Waals surface area contributed by atoms with Crippen LogP contribution in [0.25, 0.3) is 0 Å². The van der Waals surface area contributed by atoms with E-state index in [2.05, 4.69) is 18.0 Å². The predicted octanol–water partition coefficient (Wildman–Crippen LogP) is 3.49. The van der Waals surface area contributed by atoms with Gasteiger partial charge in [-0.1, -0.05) is 18.5 Å². The van der Waals surface area contributed by atoms with Gasteiger partial charge in [-0.25, -0.2) is 0 Å². The van der Waals surface area contributed by atoms with E-state index in [0.29, 0.717) is 17.7 Å². The zero-order chi connectivity index (χ0) is 11.5. The van der Waals surface area contributed by atoms with E-state index in [4.69, 9.17) is 16.3 Å². The second kappa shape index (κ2) is 4.88. The van der Waals surface area contributed by atoms with Crippen LogP contribution in [0.4, 0.5) is 0 Å². The Kier molecular flexibility index (Phi) is 3.49. The van der Waals surface area contributed by atoms with Crippen LogP contribution in [0.15, 0.2) is 17.1 Å². The quantitative estimate of drug-likeness (QED) is 0.789. The topological polar surface area (TPSA) is 21.6 Å². The second-order valence-corrected chi connectivity index (χ2v) is 4.37. The number of benzene rings is 1. The van der Waals surface area contributed by atoms with Gasteiger partial charge in [0.25, 0.3) is 0 Å². The van der Waals surface area contributed by atoms with E-state index in [1.807, 2.05) is 19.2 Å². The highest BCUT2D eigenvalue weighted by atomic mass is 35.5. The molecule has 1 aromatic carbocycles. The average molecular weight is 238 g/mol. The molecule has 0 saturated heterocycles. The van der Waals surface area contributed by atoms with Crippen LogP contribution in [0.2, 0.25) is 5.02 Å². The fraction of sp³-hybridized carbons (Fsp3) is 0.462. The van der Waals surface area contributed by atoms with E-state index < -0.39 is 0 Å². The molecule has 86 valence electrons. The van der Waals surface area contributed by atoms with E-state index in [-0.39, 0.29) is 0 Å². The zero-order valence-corrected chi connectivity index (χ0v) is 10.4. The summed E-state index contributed by atoms with van der Waals surface area (Å²) >= 11 is 6.12. The van der Waals surface area contributed by atoms with Gasteiger partial charge in [0.2, 0.25) is 0 Å². The summed E-state index contributed by atoms with van der Waals surface area (Å²) in [4.78, 5) is 4.48. The summed E-state index contributed by atoms with van der Waals surface area (Å²) in [6.07, 6.45) is 3.98. The number of rotatable bonds is 3. The molecule has 0 spiro atoms. The molecule has 0 fully saturated rings. The van der Waals surface area contributed by atoms with Gasteiger partial charge in [0.05, 0.1) is 17.7 Å². The van der Waals surface area contributed by atoms with Gasteiger partial charge in [0, 0.05) is 6.21 Å². The molecule has 1 atom stereocenters. The molecule has 0 radical (unpaired) electrons. The van der Waals surface area contributed by atoms with E-state index in [9.17, 15) is 0 Å². The highest BCUT2D eigenvalue weighted by molar-refractivity contribution is 6.32. The van der Waals surface area contributed by atoms with Gasteiger partial charge in [0.15, 0.2) is 0 Å². The van der Waals surface area contributed by atoms with E-state index >= 15 is 0 Å². The zero-order valence-electron chi connectivity index (χ0n) is 9.66. The molecule has 2 rings (SSSR count). The molecule has 0 unspecified atom stereocenters. The summed E-state index contributed by atoms with van der Waals surface area (Å²) in [6.45, 7) is 4.77. The first-order valence-corrected chi connectivity index (χ1v) is 6.10. The van der Waals surface area contributed by atoms with Gasteiger partial charge in [-0.3, -0.25) is 4.99 Å². The Balaban J connectivity index is 2.34. The maximum absolute atomic E-state index is 6.12. The van der Waals surface area contributed by atoms with Crippen LogP contribution in [0.3, 0.4) is 0 Å². The van der Waals surface area contributed by atoms with Crippen LogP contribution in [-0.4, -0.2) is 18.9 Å². The number of ether oxygens (including phenoxy) is 1. The normalized spacial score (nSPS) is 18.3. The van der Waals surface area contributed by atoms with E-state index in [1.165, 1.54) is 5.56 Å². The number of hydrogen-bond donors (Lipinski definition) is 0. The Morgan fingerprint density at radius 1 is 1.44 bits per heavy atom. The summed E-state index contributed by atoms with van der Waals surface area (Å²) < 4.78 is 5.50. The predicted molar refractivity (Wildman–Crippen MR) is 68.0 cm³/mol. The third-order valence-corrected chi connectivity index (χ3v) is 3.14. The highest BCUT2D eigenvalue weighted by Gasteiger charge is 2.16. The Morgan fingerprint density at radius 2 is 2.25 bits per heavy atom. The minimum absolute atomic E-state index is 0.406. The van der Waals surface area contributed by atoms with Crippen LogP contribution in [0, 0.1) is 0 Å². The molecule has 0 saturated carbocycles. The molecule has 1 aromatic rings. The molecule has 16 heavy (non-hydrogen) atoms. The van der Waals surface area contributed by atoms with Crippen molar-refractivity contribution in [3.8, 4) is 5.75 Å². The van der Waals surface area contributed by atoms with Gasteiger partial charge in [-0.2, -0.15) is 0 Å². The Bertz CT molecular complexity index is 415. The second-order valence-electron chi connectivity index (χ2n) is 3.96. The van der Waals surface area contributed by atoms with Crippen LogP contribution < -0.4 is 4.74 Å². The lowest BCUT2D eigenvalue weighted by atomic mass is 9.96. The number of nitrogens with zero attached hydrogens (tertiary/aromatic N) is 1. The fourth-order valence-electron chi connectivity index (χ4n) is 1.92. The number of aliphatic imine (C=N–C) groups is 1. The van der Waals surface area contributed by atoms with Crippen molar-refractivity contribution in [2.45, 2.75) is 32.7 Å². The lowest BCUT2D eigenvalue weighted by Crippen LogP contribution is -2.14. The Morgan fingerprint density at radius 3 is 2.94 bits per heavy atom. The van der Waals surface area contributed by atoms with Crippen LogP contribution in [0.5, 0.6) is 5.75 Å². The third-order valence-electron chi connectivity index (χ3n) is 2.84. The molecule has 3 heteroatoms. The maximum atomic E-state index is 6.12. The molecule has 0 amide bonds. The molecule has 2 nitrogen and oxygen atoms in total. The van der Waals surface area contributed by atoms with Crippen LogP contribution in [-0.2, 0) is 6.42 Å². The Hall–Kier alpha value is -1.02. The summed E-state index contributed by atoms with van der Waals surface area (Å²) in [6, 6.07) is 4.40. The maximum Gasteiger partial charge on any atom is 0.138 e. The van der Waals surface area contributed by atoms with Gasteiger partial charge in [-0.15, -0.1) is 0 Å². The van der Waals surface area contributed by atoms with Gasteiger partial charge in [0.1, 0.15) is 5.75 Å². The Labute approximate surface area is 101 Å². The molecule has 0 aliphatic carbocycles. The van der Waals surface area contributed by atoms with E-state index in [0.717, 1.165) is 24.2 Å². The molecule has 1 heterocycles. The number of hydrogen-bond acceptors (Lipinski definition) is 2. The summed E-state index contributed by atoms with van der Waals surface area (Å²) in [7, 11) is 0. The standard InChI is InChI=1S/C13H16ClNO/c1-3-11-5-9-7-13(16-4-2)12(14)6-10(9)8-15-11/h6-8,11H,3-5H2,1-2H3/t11-/m0/s1. The molecular formula is C13H16ClNO. The van der Waals surface area contributed by atoms with Gasteiger partial charge < -0.3 is 4.74 Å². The summed E-state index contributed by atoms with van der Waals surface area (Å²) in [5.74, 6) is 0.785. The molecule has 0 bridgehead atoms. The summed E-state index contributed by atoms with van der Waals surface area (Å²) in [5, 5.41) is 0.669. The average Bonchev–Trinajstić information content (AvgIpc) is 2.30. The highest BCUT2D eigenvalue weighted by Crippen LogP contribution is 2.30. The third kappa shape index (κ3) is 2.22.